The second-order valence-corrected chi connectivity index (χ2v) is 7.20. The zero-order chi connectivity index (χ0) is 24.1. The predicted molar refractivity (Wildman–Crippen MR) is 125 cm³/mol. The van der Waals surface area contributed by atoms with Crippen molar-refractivity contribution in [2.75, 3.05) is 29.2 Å². The number of carboxylic acid groups (broad SMARTS) is 1. The summed E-state index contributed by atoms with van der Waals surface area (Å²) in [6.07, 6.45) is 1.32. The molecule has 12 heteroatoms. The Balaban J connectivity index is 1.83. The van der Waals surface area contributed by atoms with E-state index in [1.54, 1.807) is 0 Å². The molecule has 1 aromatic heterocycles. The van der Waals surface area contributed by atoms with Gasteiger partial charge in [0.15, 0.2) is 5.76 Å². The highest BCUT2D eigenvalue weighted by Gasteiger charge is 2.21. The van der Waals surface area contributed by atoms with E-state index in [0.29, 0.717) is 5.75 Å². The maximum Gasteiger partial charge on any atom is 0.337 e. The highest BCUT2D eigenvalue weighted by Crippen LogP contribution is 2.36. The molecule has 3 aromatic rings. The van der Waals surface area contributed by atoms with Gasteiger partial charge < -0.3 is 29.6 Å². The van der Waals surface area contributed by atoms with Crippen molar-refractivity contribution in [3.8, 4) is 11.5 Å². The fraction of sp³-hybridized carbons (Fsp3) is 0.0952. The molecular weight excluding hydrogens is 474 g/mol. The lowest BCUT2D eigenvalue weighted by Gasteiger charge is -2.19. The van der Waals surface area contributed by atoms with E-state index < -0.39 is 17.9 Å². The van der Waals surface area contributed by atoms with Gasteiger partial charge in [0.05, 0.1) is 48.1 Å². The molecule has 0 saturated heterocycles. The van der Waals surface area contributed by atoms with E-state index in [4.69, 9.17) is 25.5 Å². The molecular formula is C21H18ClN3O7S. The molecule has 172 valence electrons. The largest absolute Gasteiger partial charge is 0.495 e. The van der Waals surface area contributed by atoms with Crippen LogP contribution in [0, 0.1) is 0 Å². The van der Waals surface area contributed by atoms with Gasteiger partial charge in [-0.3, -0.25) is 4.79 Å². The number of methoxy groups -OCH3 is 2. The van der Waals surface area contributed by atoms with Gasteiger partial charge in [-0.05, 0) is 36.4 Å². The number of hydrogen-bond donors (Lipinski definition) is 4. The van der Waals surface area contributed by atoms with Crippen LogP contribution in [-0.4, -0.2) is 37.2 Å². The first kappa shape index (κ1) is 23.8. The number of halogens is 1. The number of carbonyl (C=O) groups excluding carboxylic acids is 2. The number of hydrogen-bond acceptors (Lipinski definition) is 7. The number of aromatic carboxylic acids is 1. The first-order valence-electron chi connectivity index (χ1n) is 9.18. The molecule has 0 aliphatic carbocycles. The van der Waals surface area contributed by atoms with Crippen molar-refractivity contribution in [2.24, 2.45) is 0 Å². The topological polar surface area (TPSA) is 130 Å². The van der Waals surface area contributed by atoms with Crippen LogP contribution in [-0.2, 0) is 0 Å². The maximum atomic E-state index is 12.7. The first-order valence-corrected chi connectivity index (χ1v) is 9.96. The minimum Gasteiger partial charge on any atom is -0.495 e. The van der Waals surface area contributed by atoms with Crippen molar-refractivity contribution >= 4 is 59.4 Å². The predicted octanol–water partition coefficient (Wildman–Crippen LogP) is 4.78. The number of benzene rings is 2. The normalized spacial score (nSPS) is 10.3. The molecule has 0 fully saturated rings. The summed E-state index contributed by atoms with van der Waals surface area (Å²) in [6, 6.07) is 9.11. The summed E-state index contributed by atoms with van der Waals surface area (Å²) < 4.78 is 16.3. The number of carbonyl (C=O) groups is 3. The minimum absolute atomic E-state index is 0.0118. The smallest absolute Gasteiger partial charge is 0.337 e. The number of thiol groups is 1. The number of rotatable bonds is 7. The van der Waals surface area contributed by atoms with Crippen molar-refractivity contribution in [3.63, 3.8) is 0 Å². The number of carboxylic acids is 1. The monoisotopic (exact) mass is 491 g/mol. The van der Waals surface area contributed by atoms with Gasteiger partial charge >= 0.3 is 12.0 Å². The van der Waals surface area contributed by atoms with Crippen LogP contribution >= 0.6 is 24.4 Å². The third-order valence-corrected chi connectivity index (χ3v) is 5.09. The SMILES string of the molecule is COc1cc(OC)c(NC(=O)N(S)c2ccc(NC(=O)c3ccco3)c(C(=O)O)c2)cc1Cl. The molecule has 33 heavy (non-hydrogen) atoms. The van der Waals surface area contributed by atoms with Gasteiger partial charge in [0.2, 0.25) is 0 Å². The average Bonchev–Trinajstić information content (AvgIpc) is 3.34. The van der Waals surface area contributed by atoms with Crippen LogP contribution in [0.4, 0.5) is 21.9 Å². The molecule has 3 amide bonds. The standard InChI is InChI=1S/C21H18ClN3O7S/c1-30-17-10-18(31-2)15(9-13(17)22)24-21(29)25(33)11-5-6-14(12(8-11)20(27)28)23-19(26)16-4-3-7-32-16/h3-10,33H,1-2H3,(H,23,26)(H,24,29)(H,27,28). The third-order valence-electron chi connectivity index (χ3n) is 4.38. The van der Waals surface area contributed by atoms with Crippen LogP contribution in [0.15, 0.2) is 53.1 Å². The van der Waals surface area contributed by atoms with Crippen molar-refractivity contribution in [1.29, 1.82) is 0 Å². The second-order valence-electron chi connectivity index (χ2n) is 6.40. The molecule has 0 saturated carbocycles. The average molecular weight is 492 g/mol. The van der Waals surface area contributed by atoms with Crippen LogP contribution in [0.2, 0.25) is 5.02 Å². The molecule has 0 atom stereocenters. The summed E-state index contributed by atoms with van der Waals surface area (Å²) in [5.74, 6) is -1.30. The van der Waals surface area contributed by atoms with Crippen molar-refractivity contribution in [2.45, 2.75) is 0 Å². The molecule has 3 N–H and O–H groups in total. The second kappa shape index (κ2) is 10.2. The Morgan fingerprint density at radius 3 is 2.36 bits per heavy atom. The first-order chi connectivity index (χ1) is 15.7. The summed E-state index contributed by atoms with van der Waals surface area (Å²) >= 11 is 10.3. The summed E-state index contributed by atoms with van der Waals surface area (Å²) in [5, 5.41) is 14.9. The highest BCUT2D eigenvalue weighted by atomic mass is 35.5. The number of ether oxygens (including phenoxy) is 2. The van der Waals surface area contributed by atoms with E-state index in [2.05, 4.69) is 23.4 Å². The highest BCUT2D eigenvalue weighted by molar-refractivity contribution is 7.82. The van der Waals surface area contributed by atoms with Crippen molar-refractivity contribution in [3.05, 3.63) is 65.1 Å². The lowest BCUT2D eigenvalue weighted by molar-refractivity contribution is 0.0698. The van der Waals surface area contributed by atoms with Gasteiger partial charge in [-0.25, -0.2) is 13.9 Å². The van der Waals surface area contributed by atoms with E-state index in [-0.39, 0.29) is 39.2 Å². The summed E-state index contributed by atoms with van der Waals surface area (Å²) in [7, 11) is 2.85. The van der Waals surface area contributed by atoms with E-state index in [0.717, 1.165) is 4.31 Å². The Labute approximate surface area is 198 Å². The van der Waals surface area contributed by atoms with Gasteiger partial charge in [0.25, 0.3) is 5.91 Å². The summed E-state index contributed by atoms with van der Waals surface area (Å²) in [5.41, 5.74) is 0.124. The molecule has 0 aliphatic heterocycles. The zero-order valence-corrected chi connectivity index (χ0v) is 18.9. The third kappa shape index (κ3) is 5.33. The number of amides is 3. The fourth-order valence-electron chi connectivity index (χ4n) is 2.78. The van der Waals surface area contributed by atoms with Gasteiger partial charge in [-0.2, -0.15) is 0 Å². The number of furan rings is 1. The van der Waals surface area contributed by atoms with Crippen LogP contribution in [0.5, 0.6) is 11.5 Å². The molecule has 2 aromatic carbocycles. The molecule has 0 spiro atoms. The lowest BCUT2D eigenvalue weighted by atomic mass is 10.1. The van der Waals surface area contributed by atoms with Crippen LogP contribution in [0.25, 0.3) is 0 Å². The molecule has 0 radical (unpaired) electrons. The fourth-order valence-corrected chi connectivity index (χ4v) is 3.20. The van der Waals surface area contributed by atoms with Crippen LogP contribution in [0.3, 0.4) is 0 Å². The number of urea groups is 1. The van der Waals surface area contributed by atoms with E-state index in [1.807, 2.05) is 0 Å². The van der Waals surface area contributed by atoms with Gasteiger partial charge in [-0.1, -0.05) is 24.4 Å². The van der Waals surface area contributed by atoms with Gasteiger partial charge in [0, 0.05) is 6.07 Å². The molecule has 0 aliphatic rings. The Morgan fingerprint density at radius 2 is 1.76 bits per heavy atom. The molecule has 0 unspecified atom stereocenters. The Hall–Kier alpha value is -3.83. The zero-order valence-electron chi connectivity index (χ0n) is 17.3. The van der Waals surface area contributed by atoms with Crippen molar-refractivity contribution in [1.82, 2.24) is 0 Å². The number of nitrogens with zero attached hydrogens (tertiary/aromatic N) is 1. The number of nitrogens with one attached hydrogen (secondary N) is 2. The Kier molecular flexibility index (Phi) is 7.36. The lowest BCUT2D eigenvalue weighted by Crippen LogP contribution is -2.27. The van der Waals surface area contributed by atoms with Gasteiger partial charge in [-0.15, -0.1) is 0 Å². The van der Waals surface area contributed by atoms with Crippen LogP contribution in [0.1, 0.15) is 20.9 Å². The Morgan fingerprint density at radius 1 is 1.03 bits per heavy atom. The van der Waals surface area contributed by atoms with Crippen LogP contribution < -0.4 is 24.4 Å². The molecule has 1 heterocycles. The Bertz CT molecular complexity index is 1200. The van der Waals surface area contributed by atoms with Crippen molar-refractivity contribution < 1.29 is 33.4 Å². The van der Waals surface area contributed by atoms with E-state index >= 15 is 0 Å². The maximum absolute atomic E-state index is 12.7. The quantitative estimate of drug-likeness (QED) is 0.350. The van der Waals surface area contributed by atoms with Gasteiger partial charge in [0.1, 0.15) is 11.5 Å². The molecule has 0 bridgehead atoms. The minimum atomic E-state index is -1.32. The summed E-state index contributed by atoms with van der Waals surface area (Å²) in [6.45, 7) is 0. The van der Waals surface area contributed by atoms with E-state index in [9.17, 15) is 19.5 Å². The molecule has 3 rings (SSSR count). The summed E-state index contributed by atoms with van der Waals surface area (Å²) in [4.78, 5) is 36.7. The van der Waals surface area contributed by atoms with E-state index in [1.165, 1.54) is 62.9 Å². The number of anilines is 3. The molecule has 10 nitrogen and oxygen atoms in total.